The van der Waals surface area contributed by atoms with Crippen LogP contribution in [0.2, 0.25) is 0 Å². The number of hydrogen-bond acceptors (Lipinski definition) is 4. The summed E-state index contributed by atoms with van der Waals surface area (Å²) in [5, 5.41) is 33.8. The molecule has 0 heterocycles. The van der Waals surface area contributed by atoms with Crippen molar-refractivity contribution in [3.05, 3.63) is 0 Å². The Morgan fingerprint density at radius 3 is 1.33 bits per heavy atom. The van der Waals surface area contributed by atoms with Crippen LogP contribution in [0.15, 0.2) is 0 Å². The average molecular weight is 453 g/mol. The van der Waals surface area contributed by atoms with Gasteiger partial charge in [-0.25, -0.2) is 4.79 Å². The zero-order chi connectivity index (χ0) is 10.6. The van der Waals surface area contributed by atoms with E-state index >= 15 is 0 Å². The topological polar surface area (TPSA) is 132 Å². The summed E-state index contributed by atoms with van der Waals surface area (Å²) in [5.74, 6) is -5.02. The summed E-state index contributed by atoms with van der Waals surface area (Å²) in [6.07, 6.45) is -2.29. The van der Waals surface area contributed by atoms with Crippen LogP contribution >= 0.6 is 0 Å². The molecule has 0 aromatic rings. The number of hydrogen-bond donors (Lipinski definition) is 4. The van der Waals surface area contributed by atoms with Gasteiger partial charge in [0.25, 0.3) is 0 Å². The first kappa shape index (κ1) is 20.1. The van der Waals surface area contributed by atoms with E-state index in [2.05, 4.69) is 0 Å². The zero-order valence-corrected chi connectivity index (χ0v) is 10.1. The van der Waals surface area contributed by atoms with Crippen LogP contribution in [0.1, 0.15) is 12.8 Å². The maximum Gasteiger partial charge on any atom is 0.336 e. The second-order valence-electron chi connectivity index (χ2n) is 2.48. The van der Waals surface area contributed by atoms with Crippen molar-refractivity contribution in [3.63, 3.8) is 0 Å². The molecule has 0 atom stereocenters. The van der Waals surface area contributed by atoms with Crippen LogP contribution in [0, 0.1) is 0 Å². The Bertz CT molecular complexity index is 238. The van der Waals surface area contributed by atoms with Crippen molar-refractivity contribution < 1.29 is 74.3 Å². The average Bonchev–Trinajstić information content (AvgIpc) is 1.82. The fraction of sp³-hybridized carbons (Fsp3) is 0.500. The van der Waals surface area contributed by atoms with E-state index in [0.29, 0.717) is 0 Å². The van der Waals surface area contributed by atoms with E-state index in [0.717, 1.165) is 0 Å². The van der Waals surface area contributed by atoms with Crippen molar-refractivity contribution >= 4 is 17.9 Å². The van der Waals surface area contributed by atoms with Gasteiger partial charge in [-0.05, 0) is 0 Å². The van der Waals surface area contributed by atoms with Crippen molar-refractivity contribution in [2.24, 2.45) is 0 Å². The normalized spacial score (nSPS) is 9.40. The van der Waals surface area contributed by atoms with Crippen LogP contribution in [0.4, 0.5) is 0 Å². The van der Waals surface area contributed by atoms with Crippen molar-refractivity contribution in [2.45, 2.75) is 18.4 Å². The Balaban J connectivity index is -0.000000720. The predicted molar refractivity (Wildman–Crippen MR) is 37.1 cm³/mol. The Labute approximate surface area is 110 Å². The van der Waals surface area contributed by atoms with Crippen molar-refractivity contribution in [1.29, 1.82) is 0 Å². The first-order valence-electron chi connectivity index (χ1n) is 3.17. The number of carbonyl (C=O) groups is 3. The van der Waals surface area contributed by atoms with Crippen LogP contribution in [-0.2, 0) is 53.8 Å². The van der Waals surface area contributed by atoms with E-state index in [9.17, 15) is 14.4 Å². The van der Waals surface area contributed by atoms with Crippen LogP contribution in [0.25, 0.3) is 0 Å². The molecule has 9 heteroatoms. The summed E-state index contributed by atoms with van der Waals surface area (Å²) >= 11 is 0. The van der Waals surface area contributed by atoms with Gasteiger partial charge >= 0.3 is 17.9 Å². The van der Waals surface area contributed by atoms with E-state index < -0.39 is 36.4 Å². The second-order valence-corrected chi connectivity index (χ2v) is 2.48. The number of aliphatic carboxylic acids is 3. The van der Waals surface area contributed by atoms with Crippen LogP contribution in [-0.4, -0.2) is 43.9 Å². The summed E-state index contributed by atoms with van der Waals surface area (Å²) < 4.78 is 0. The molecule has 0 fully saturated rings. The molecule has 96 valence electrons. The van der Waals surface area contributed by atoms with Gasteiger partial charge in [-0.1, -0.05) is 0 Å². The molecule has 0 amide bonds. The molecular formula is C6H8AuCuO7. The van der Waals surface area contributed by atoms with E-state index in [1.165, 1.54) is 0 Å². The molecule has 0 aromatic heterocycles. The molecule has 0 rings (SSSR count). The third kappa shape index (κ3) is 7.55. The largest absolute Gasteiger partial charge is 0.481 e. The quantitative estimate of drug-likeness (QED) is 0.383. The minimum absolute atomic E-state index is 0. The molecule has 0 aliphatic heterocycles. The maximum atomic E-state index is 10.3. The van der Waals surface area contributed by atoms with Gasteiger partial charge in [0.05, 0.1) is 12.8 Å². The smallest absolute Gasteiger partial charge is 0.336 e. The predicted octanol–water partition coefficient (Wildman–Crippen LogP) is -1.25. The molecule has 0 spiro atoms. The standard InChI is InChI=1S/C6H8O7.Au.Cu/c7-3(8)1-6(13,5(11)12)2-4(9)10;;/h13H,1-2H2,(H,7,8)(H,9,10)(H,11,12);;. The molecule has 4 N–H and O–H groups in total. The third-order valence-corrected chi connectivity index (χ3v) is 1.29. The summed E-state index contributed by atoms with van der Waals surface area (Å²) in [6.45, 7) is 0. The van der Waals surface area contributed by atoms with Crippen LogP contribution in [0.3, 0.4) is 0 Å². The molecular weight excluding hydrogens is 445 g/mol. The summed E-state index contributed by atoms with van der Waals surface area (Å²) in [7, 11) is 0. The number of aliphatic hydroxyl groups is 1. The summed E-state index contributed by atoms with van der Waals surface area (Å²) in [5.41, 5.74) is -2.74. The summed E-state index contributed by atoms with van der Waals surface area (Å²) in [4.78, 5) is 30.5. The van der Waals surface area contributed by atoms with E-state index in [4.69, 9.17) is 20.4 Å². The first-order chi connectivity index (χ1) is 5.78. The number of carboxylic acid groups (broad SMARTS) is 3. The summed E-state index contributed by atoms with van der Waals surface area (Å²) in [6, 6.07) is 0. The monoisotopic (exact) mass is 452 g/mol. The fourth-order valence-corrected chi connectivity index (χ4v) is 0.714. The second kappa shape index (κ2) is 7.86. The molecule has 0 bridgehead atoms. The van der Waals surface area contributed by atoms with Gasteiger partial charge in [-0.15, -0.1) is 0 Å². The minimum atomic E-state index is -2.74. The molecule has 0 saturated heterocycles. The van der Waals surface area contributed by atoms with Crippen LogP contribution in [0.5, 0.6) is 0 Å². The molecule has 0 aliphatic rings. The Morgan fingerprint density at radius 2 is 1.20 bits per heavy atom. The number of rotatable bonds is 5. The molecule has 2 radical (unpaired) electrons. The maximum absolute atomic E-state index is 10.3. The van der Waals surface area contributed by atoms with Crippen LogP contribution < -0.4 is 0 Å². The van der Waals surface area contributed by atoms with Gasteiger partial charge in [-0.2, -0.15) is 0 Å². The van der Waals surface area contributed by atoms with Gasteiger partial charge < -0.3 is 20.4 Å². The molecule has 7 nitrogen and oxygen atoms in total. The molecule has 0 aliphatic carbocycles. The Morgan fingerprint density at radius 1 is 0.933 bits per heavy atom. The molecule has 15 heavy (non-hydrogen) atoms. The van der Waals surface area contributed by atoms with Gasteiger partial charge in [-0.3, -0.25) is 9.59 Å². The number of carboxylic acids is 3. The Kier molecular flexibility index (Phi) is 10.5. The molecule has 0 saturated carbocycles. The molecule has 0 aromatic carbocycles. The SMILES string of the molecule is O=C(O)CC(O)(CC(=O)O)C(=O)O.[Au].[Cu]. The third-order valence-electron chi connectivity index (χ3n) is 1.29. The minimum Gasteiger partial charge on any atom is -0.481 e. The van der Waals surface area contributed by atoms with Crippen molar-refractivity contribution in [2.75, 3.05) is 0 Å². The van der Waals surface area contributed by atoms with Gasteiger partial charge in [0.2, 0.25) is 0 Å². The molecule has 0 unspecified atom stereocenters. The van der Waals surface area contributed by atoms with Crippen molar-refractivity contribution in [1.82, 2.24) is 0 Å². The van der Waals surface area contributed by atoms with E-state index in [-0.39, 0.29) is 39.4 Å². The van der Waals surface area contributed by atoms with Gasteiger partial charge in [0.15, 0.2) is 5.60 Å². The zero-order valence-electron chi connectivity index (χ0n) is 7.03. The van der Waals surface area contributed by atoms with Crippen molar-refractivity contribution in [3.8, 4) is 0 Å². The van der Waals surface area contributed by atoms with E-state index in [1.807, 2.05) is 0 Å². The van der Waals surface area contributed by atoms with Gasteiger partial charge in [0.1, 0.15) is 0 Å². The first-order valence-corrected chi connectivity index (χ1v) is 3.17. The fourth-order valence-electron chi connectivity index (χ4n) is 0.714. The van der Waals surface area contributed by atoms with E-state index in [1.54, 1.807) is 0 Å². The van der Waals surface area contributed by atoms with Gasteiger partial charge in [0, 0.05) is 39.4 Å². The Hall–Kier alpha value is -0.370.